The number of carboxylic acids is 1. The molecule has 0 aliphatic carbocycles. The summed E-state index contributed by atoms with van der Waals surface area (Å²) in [7, 11) is 2.00. The van der Waals surface area contributed by atoms with Gasteiger partial charge in [-0.25, -0.2) is 0 Å². The topological polar surface area (TPSA) is 93.4 Å². The first-order chi connectivity index (χ1) is 12.8. The number of hydrogen-bond donors (Lipinski definition) is 4. The van der Waals surface area contributed by atoms with Gasteiger partial charge in [0.1, 0.15) is 16.2 Å². The zero-order chi connectivity index (χ0) is 19.8. The third-order valence-corrected chi connectivity index (χ3v) is 4.41. The Morgan fingerprint density at radius 1 is 1.26 bits per heavy atom. The maximum atomic E-state index is 10.6. The maximum absolute atomic E-state index is 10.6. The standard InChI is InChI=1S/C18H24N4O3S2/c1-12-6-7-13(9-14(12)22(2)8-4-3-5-17(23)24)25-11-19-15-10-16(26)21-18(27)20-15/h6-7,9-10H,3-5,8,11H2,1-2H3,(H,23,24)(H3,19,20,21,26,27). The van der Waals surface area contributed by atoms with Gasteiger partial charge in [-0.1, -0.05) is 18.3 Å². The molecular formula is C18H24N4O3S2. The molecule has 0 fully saturated rings. The Morgan fingerprint density at radius 2 is 2.04 bits per heavy atom. The van der Waals surface area contributed by atoms with Gasteiger partial charge in [-0.2, -0.15) is 0 Å². The fourth-order valence-corrected chi connectivity index (χ4v) is 3.10. The van der Waals surface area contributed by atoms with Gasteiger partial charge in [0.25, 0.3) is 0 Å². The number of H-pyrrole nitrogens is 2. The minimum atomic E-state index is -0.753. The third kappa shape index (κ3) is 7.03. The molecule has 0 spiro atoms. The van der Waals surface area contributed by atoms with Crippen LogP contribution in [0, 0.1) is 16.3 Å². The number of hydrogen-bond acceptors (Lipinski definition) is 6. The van der Waals surface area contributed by atoms with Gasteiger partial charge in [0.15, 0.2) is 11.5 Å². The number of anilines is 2. The molecule has 146 valence electrons. The number of nitrogens with zero attached hydrogens (tertiary/aromatic N) is 1. The van der Waals surface area contributed by atoms with Crippen LogP contribution in [0.15, 0.2) is 24.3 Å². The van der Waals surface area contributed by atoms with Crippen LogP contribution in [-0.2, 0) is 4.79 Å². The molecule has 1 aromatic carbocycles. The molecule has 0 unspecified atom stereocenters. The zero-order valence-corrected chi connectivity index (χ0v) is 17.0. The fourth-order valence-electron chi connectivity index (χ4n) is 2.60. The fraction of sp³-hybridized carbons (Fsp3) is 0.389. The van der Waals surface area contributed by atoms with E-state index in [0.29, 0.717) is 21.7 Å². The van der Waals surface area contributed by atoms with E-state index in [1.165, 1.54) is 0 Å². The second-order valence-corrected chi connectivity index (χ2v) is 7.04. The summed E-state index contributed by atoms with van der Waals surface area (Å²) in [6, 6.07) is 7.64. The summed E-state index contributed by atoms with van der Waals surface area (Å²) in [5, 5.41) is 11.8. The first-order valence-corrected chi connectivity index (χ1v) is 9.40. The highest BCUT2D eigenvalue weighted by Gasteiger charge is 2.07. The zero-order valence-electron chi connectivity index (χ0n) is 15.4. The van der Waals surface area contributed by atoms with Crippen LogP contribution < -0.4 is 15.0 Å². The maximum Gasteiger partial charge on any atom is 0.303 e. The summed E-state index contributed by atoms with van der Waals surface area (Å²) >= 11 is 10.1. The first-order valence-electron chi connectivity index (χ1n) is 8.59. The summed E-state index contributed by atoms with van der Waals surface area (Å²) in [5.74, 6) is 0.670. The quantitative estimate of drug-likeness (QED) is 0.265. The average Bonchev–Trinajstić information content (AvgIpc) is 2.59. The number of aromatic nitrogens is 2. The van der Waals surface area contributed by atoms with Gasteiger partial charge in [-0.3, -0.25) is 4.79 Å². The Hall–Kier alpha value is -2.39. The molecular weight excluding hydrogens is 384 g/mol. The van der Waals surface area contributed by atoms with Crippen LogP contribution in [-0.4, -0.2) is 41.4 Å². The number of nitrogens with one attached hydrogen (secondary N) is 3. The van der Waals surface area contributed by atoms with Crippen molar-refractivity contribution in [2.24, 2.45) is 0 Å². The number of carboxylic acid groups (broad SMARTS) is 1. The largest absolute Gasteiger partial charge is 0.481 e. The van der Waals surface area contributed by atoms with Crippen molar-refractivity contribution in [3.8, 4) is 5.75 Å². The predicted molar refractivity (Wildman–Crippen MR) is 112 cm³/mol. The molecule has 7 nitrogen and oxygen atoms in total. The number of benzene rings is 1. The van der Waals surface area contributed by atoms with Crippen molar-refractivity contribution in [3.05, 3.63) is 39.2 Å². The van der Waals surface area contributed by atoms with Crippen LogP contribution in [0.3, 0.4) is 0 Å². The second-order valence-electron chi connectivity index (χ2n) is 6.19. The van der Waals surface area contributed by atoms with E-state index in [-0.39, 0.29) is 13.2 Å². The van der Waals surface area contributed by atoms with Crippen LogP contribution in [0.5, 0.6) is 5.75 Å². The Balaban J connectivity index is 1.92. The van der Waals surface area contributed by atoms with Gasteiger partial charge in [0.2, 0.25) is 0 Å². The van der Waals surface area contributed by atoms with Crippen molar-refractivity contribution in [2.75, 3.05) is 30.5 Å². The van der Waals surface area contributed by atoms with Gasteiger partial charge in [-0.05, 0) is 43.6 Å². The predicted octanol–water partition coefficient (Wildman–Crippen LogP) is 4.25. The lowest BCUT2D eigenvalue weighted by Gasteiger charge is -2.22. The Labute approximate surface area is 168 Å². The number of aromatic amines is 2. The molecule has 0 bridgehead atoms. The molecule has 0 saturated carbocycles. The minimum absolute atomic E-state index is 0.202. The van der Waals surface area contributed by atoms with Crippen LogP contribution >= 0.6 is 24.4 Å². The molecule has 2 rings (SSSR count). The highest BCUT2D eigenvalue weighted by atomic mass is 32.1. The van der Waals surface area contributed by atoms with Gasteiger partial charge >= 0.3 is 5.97 Å². The van der Waals surface area contributed by atoms with E-state index in [9.17, 15) is 4.79 Å². The average molecular weight is 409 g/mol. The van der Waals surface area contributed by atoms with Crippen molar-refractivity contribution in [3.63, 3.8) is 0 Å². The number of unbranched alkanes of at least 4 members (excludes halogenated alkanes) is 1. The van der Waals surface area contributed by atoms with Crippen LogP contribution in [0.25, 0.3) is 0 Å². The third-order valence-electron chi connectivity index (χ3n) is 3.99. The Bertz CT molecular complexity index is 866. The van der Waals surface area contributed by atoms with E-state index >= 15 is 0 Å². The number of aliphatic carboxylic acids is 1. The van der Waals surface area contributed by atoms with Crippen molar-refractivity contribution in [1.82, 2.24) is 9.97 Å². The SMILES string of the molecule is Cc1ccc(OCNc2cc(=S)[nH]c(=S)[nH]2)cc1N(C)CCCCC(=O)O. The van der Waals surface area contributed by atoms with Crippen LogP contribution in [0.1, 0.15) is 24.8 Å². The Morgan fingerprint density at radius 3 is 2.74 bits per heavy atom. The summed E-state index contributed by atoms with van der Waals surface area (Å²) in [4.78, 5) is 18.5. The van der Waals surface area contributed by atoms with Crippen molar-refractivity contribution in [2.45, 2.75) is 26.2 Å². The molecule has 0 aliphatic rings. The number of aryl methyl sites for hydroxylation is 1. The lowest BCUT2D eigenvalue weighted by atomic mass is 10.1. The molecule has 1 aromatic heterocycles. The molecule has 1 heterocycles. The van der Waals surface area contributed by atoms with Gasteiger partial charge < -0.3 is 30.0 Å². The van der Waals surface area contributed by atoms with E-state index in [1.54, 1.807) is 6.07 Å². The lowest BCUT2D eigenvalue weighted by Crippen LogP contribution is -2.20. The van der Waals surface area contributed by atoms with Crippen LogP contribution in [0.2, 0.25) is 0 Å². The van der Waals surface area contributed by atoms with Crippen molar-refractivity contribution < 1.29 is 14.6 Å². The lowest BCUT2D eigenvalue weighted by molar-refractivity contribution is -0.137. The molecule has 0 amide bonds. The monoisotopic (exact) mass is 408 g/mol. The first kappa shape index (κ1) is 20.9. The molecule has 0 radical (unpaired) electrons. The van der Waals surface area contributed by atoms with Crippen LogP contribution in [0.4, 0.5) is 11.5 Å². The summed E-state index contributed by atoms with van der Waals surface area (Å²) in [6.45, 7) is 3.08. The molecule has 2 aromatic rings. The molecule has 4 N–H and O–H groups in total. The number of rotatable bonds is 10. The van der Waals surface area contributed by atoms with Crippen molar-refractivity contribution in [1.29, 1.82) is 0 Å². The molecule has 27 heavy (non-hydrogen) atoms. The Kier molecular flexibility index (Phi) is 7.81. The second kappa shape index (κ2) is 10.1. The van der Waals surface area contributed by atoms with E-state index in [2.05, 4.69) is 20.2 Å². The smallest absolute Gasteiger partial charge is 0.303 e. The normalized spacial score (nSPS) is 10.4. The van der Waals surface area contributed by atoms with E-state index in [0.717, 1.165) is 30.0 Å². The number of carbonyl (C=O) groups is 1. The van der Waals surface area contributed by atoms with E-state index in [4.69, 9.17) is 34.3 Å². The molecule has 0 aliphatic heterocycles. The van der Waals surface area contributed by atoms with Crippen molar-refractivity contribution >= 4 is 41.9 Å². The highest BCUT2D eigenvalue weighted by Crippen LogP contribution is 2.25. The summed E-state index contributed by atoms with van der Waals surface area (Å²) < 4.78 is 6.77. The van der Waals surface area contributed by atoms with E-state index in [1.807, 2.05) is 32.2 Å². The van der Waals surface area contributed by atoms with E-state index < -0.39 is 5.97 Å². The molecule has 9 heteroatoms. The minimum Gasteiger partial charge on any atom is -0.481 e. The van der Waals surface area contributed by atoms with Gasteiger partial charge in [0, 0.05) is 37.8 Å². The molecule has 0 saturated heterocycles. The molecule has 0 atom stereocenters. The number of ether oxygens (including phenoxy) is 1. The highest BCUT2D eigenvalue weighted by molar-refractivity contribution is 7.72. The summed E-state index contributed by atoms with van der Waals surface area (Å²) in [6.07, 6.45) is 1.69. The summed E-state index contributed by atoms with van der Waals surface area (Å²) in [5.41, 5.74) is 2.19. The van der Waals surface area contributed by atoms with Gasteiger partial charge in [-0.15, -0.1) is 0 Å². The van der Waals surface area contributed by atoms with Gasteiger partial charge in [0.05, 0.1) is 0 Å².